The first-order chi connectivity index (χ1) is 10.3. The van der Waals surface area contributed by atoms with E-state index in [1.165, 1.54) is 16.8 Å². The lowest BCUT2D eigenvalue weighted by Crippen LogP contribution is -2.03. The third-order valence-corrected chi connectivity index (χ3v) is 3.41. The highest BCUT2D eigenvalue weighted by atomic mass is 16.5. The molecule has 0 amide bonds. The predicted octanol–water partition coefficient (Wildman–Crippen LogP) is 4.27. The second-order valence-corrected chi connectivity index (χ2v) is 4.78. The summed E-state index contributed by atoms with van der Waals surface area (Å²) in [5.74, 6) is 1.57. The Bertz CT molecular complexity index is 581. The van der Waals surface area contributed by atoms with Gasteiger partial charge in [0.05, 0.1) is 13.7 Å². The molecule has 0 spiro atoms. The quantitative estimate of drug-likeness (QED) is 0.824. The van der Waals surface area contributed by atoms with Crippen molar-refractivity contribution in [2.75, 3.05) is 19.0 Å². The molecule has 0 saturated heterocycles. The maximum Gasteiger partial charge on any atom is 0.161 e. The highest BCUT2D eigenvalue weighted by Crippen LogP contribution is 2.28. The molecule has 21 heavy (non-hydrogen) atoms. The molecule has 0 aromatic heterocycles. The van der Waals surface area contributed by atoms with Gasteiger partial charge in [0.1, 0.15) is 0 Å². The van der Waals surface area contributed by atoms with Crippen molar-refractivity contribution in [1.82, 2.24) is 0 Å². The van der Waals surface area contributed by atoms with Crippen molar-refractivity contribution in [2.45, 2.75) is 26.8 Å². The molecule has 0 heterocycles. The van der Waals surface area contributed by atoms with Gasteiger partial charge >= 0.3 is 0 Å². The van der Waals surface area contributed by atoms with E-state index in [4.69, 9.17) is 9.47 Å². The third-order valence-electron chi connectivity index (χ3n) is 3.41. The smallest absolute Gasteiger partial charge is 0.161 e. The van der Waals surface area contributed by atoms with Gasteiger partial charge in [-0.25, -0.2) is 0 Å². The Morgan fingerprint density at radius 1 is 1.00 bits per heavy atom. The van der Waals surface area contributed by atoms with E-state index in [1.807, 2.05) is 19.1 Å². The Hall–Kier alpha value is -2.16. The van der Waals surface area contributed by atoms with E-state index in [-0.39, 0.29) is 0 Å². The standard InChI is InChI=1S/C18H23NO2/c1-4-15-8-6-7-9-16(15)19-13-14-10-11-17(20-3)18(12-14)21-5-2/h6-12,19H,4-5,13H2,1-3H3. The minimum atomic E-state index is 0.631. The fraction of sp³-hybridized carbons (Fsp3) is 0.333. The van der Waals surface area contributed by atoms with Gasteiger partial charge in [-0.1, -0.05) is 31.2 Å². The molecule has 0 fully saturated rings. The number of rotatable bonds is 7. The zero-order valence-electron chi connectivity index (χ0n) is 13.0. The van der Waals surface area contributed by atoms with Crippen molar-refractivity contribution in [1.29, 1.82) is 0 Å². The summed E-state index contributed by atoms with van der Waals surface area (Å²) in [5, 5.41) is 3.49. The van der Waals surface area contributed by atoms with Crippen molar-refractivity contribution < 1.29 is 9.47 Å². The number of benzene rings is 2. The van der Waals surface area contributed by atoms with Crippen molar-refractivity contribution in [3.63, 3.8) is 0 Å². The maximum atomic E-state index is 5.61. The van der Waals surface area contributed by atoms with Gasteiger partial charge in [-0.15, -0.1) is 0 Å². The van der Waals surface area contributed by atoms with Crippen LogP contribution < -0.4 is 14.8 Å². The first kappa shape index (κ1) is 15.2. The number of para-hydroxylation sites is 1. The molecule has 1 N–H and O–H groups in total. The van der Waals surface area contributed by atoms with Crippen LogP contribution in [0.15, 0.2) is 42.5 Å². The Labute approximate surface area is 126 Å². The minimum Gasteiger partial charge on any atom is -0.493 e. The Morgan fingerprint density at radius 2 is 1.81 bits per heavy atom. The fourth-order valence-corrected chi connectivity index (χ4v) is 2.30. The van der Waals surface area contributed by atoms with Gasteiger partial charge in [0.25, 0.3) is 0 Å². The van der Waals surface area contributed by atoms with Gasteiger partial charge in [-0.2, -0.15) is 0 Å². The first-order valence-corrected chi connectivity index (χ1v) is 7.40. The van der Waals surface area contributed by atoms with Gasteiger partial charge in [-0.05, 0) is 42.7 Å². The molecule has 3 nitrogen and oxygen atoms in total. The Balaban J connectivity index is 2.11. The van der Waals surface area contributed by atoms with Crippen LogP contribution in [0.25, 0.3) is 0 Å². The molecule has 112 valence electrons. The van der Waals surface area contributed by atoms with E-state index in [2.05, 4.69) is 42.6 Å². The molecule has 0 unspecified atom stereocenters. The van der Waals surface area contributed by atoms with Crippen LogP contribution in [-0.4, -0.2) is 13.7 Å². The van der Waals surface area contributed by atoms with E-state index < -0.39 is 0 Å². The summed E-state index contributed by atoms with van der Waals surface area (Å²) in [7, 11) is 1.66. The SMILES string of the molecule is CCOc1cc(CNc2ccccc2CC)ccc1OC. The number of hydrogen-bond acceptors (Lipinski definition) is 3. The molecule has 0 bridgehead atoms. The summed E-state index contributed by atoms with van der Waals surface area (Å²) in [5.41, 5.74) is 3.69. The molecule has 2 rings (SSSR count). The van der Waals surface area contributed by atoms with Crippen LogP contribution in [0.1, 0.15) is 25.0 Å². The zero-order valence-corrected chi connectivity index (χ0v) is 13.0. The van der Waals surface area contributed by atoms with Gasteiger partial charge in [0.15, 0.2) is 11.5 Å². The fourth-order valence-electron chi connectivity index (χ4n) is 2.30. The summed E-state index contributed by atoms with van der Waals surface area (Å²) in [4.78, 5) is 0. The molecule has 0 aliphatic heterocycles. The Morgan fingerprint density at radius 3 is 2.52 bits per heavy atom. The monoisotopic (exact) mass is 285 g/mol. The van der Waals surface area contributed by atoms with Gasteiger partial charge in [0.2, 0.25) is 0 Å². The maximum absolute atomic E-state index is 5.61. The third kappa shape index (κ3) is 3.91. The highest BCUT2D eigenvalue weighted by Gasteiger charge is 2.06. The summed E-state index contributed by atoms with van der Waals surface area (Å²) in [6.45, 7) is 5.54. The molecule has 0 radical (unpaired) electrons. The zero-order chi connectivity index (χ0) is 15.1. The largest absolute Gasteiger partial charge is 0.493 e. The summed E-state index contributed by atoms with van der Waals surface area (Å²) in [6.07, 6.45) is 1.02. The normalized spacial score (nSPS) is 10.2. The average Bonchev–Trinajstić information content (AvgIpc) is 2.53. The summed E-state index contributed by atoms with van der Waals surface area (Å²) >= 11 is 0. The Kier molecular flexibility index (Phi) is 5.50. The van der Waals surface area contributed by atoms with E-state index in [0.717, 1.165) is 24.5 Å². The van der Waals surface area contributed by atoms with Crippen LogP contribution in [0.4, 0.5) is 5.69 Å². The van der Waals surface area contributed by atoms with E-state index in [0.29, 0.717) is 6.61 Å². The second-order valence-electron chi connectivity index (χ2n) is 4.78. The second kappa shape index (κ2) is 7.58. The van der Waals surface area contributed by atoms with Crippen LogP contribution >= 0.6 is 0 Å². The molecule has 2 aromatic rings. The molecular formula is C18H23NO2. The van der Waals surface area contributed by atoms with Crippen molar-refractivity contribution in [3.8, 4) is 11.5 Å². The predicted molar refractivity (Wildman–Crippen MR) is 87.3 cm³/mol. The van der Waals surface area contributed by atoms with Crippen LogP contribution in [0.5, 0.6) is 11.5 Å². The molecule has 0 aliphatic rings. The van der Waals surface area contributed by atoms with E-state index >= 15 is 0 Å². The van der Waals surface area contributed by atoms with Crippen LogP contribution in [-0.2, 0) is 13.0 Å². The number of methoxy groups -OCH3 is 1. The van der Waals surface area contributed by atoms with Gasteiger partial charge in [-0.3, -0.25) is 0 Å². The number of hydrogen-bond donors (Lipinski definition) is 1. The number of nitrogens with one attached hydrogen (secondary N) is 1. The van der Waals surface area contributed by atoms with Crippen molar-refractivity contribution >= 4 is 5.69 Å². The highest BCUT2D eigenvalue weighted by molar-refractivity contribution is 5.52. The van der Waals surface area contributed by atoms with Crippen molar-refractivity contribution in [3.05, 3.63) is 53.6 Å². The molecule has 0 atom stereocenters. The lowest BCUT2D eigenvalue weighted by Gasteiger charge is -2.13. The van der Waals surface area contributed by atoms with Crippen LogP contribution in [0.3, 0.4) is 0 Å². The lowest BCUT2D eigenvalue weighted by molar-refractivity contribution is 0.310. The number of aryl methyl sites for hydroxylation is 1. The summed E-state index contributed by atoms with van der Waals surface area (Å²) in [6, 6.07) is 14.4. The van der Waals surface area contributed by atoms with Gasteiger partial charge in [0, 0.05) is 12.2 Å². The lowest BCUT2D eigenvalue weighted by atomic mass is 10.1. The first-order valence-electron chi connectivity index (χ1n) is 7.40. The molecule has 3 heteroatoms. The van der Waals surface area contributed by atoms with E-state index in [1.54, 1.807) is 7.11 Å². The minimum absolute atomic E-state index is 0.631. The van der Waals surface area contributed by atoms with Crippen molar-refractivity contribution in [2.24, 2.45) is 0 Å². The van der Waals surface area contributed by atoms with Gasteiger partial charge < -0.3 is 14.8 Å². The molecular weight excluding hydrogens is 262 g/mol. The number of anilines is 1. The number of ether oxygens (including phenoxy) is 2. The average molecular weight is 285 g/mol. The van der Waals surface area contributed by atoms with Crippen LogP contribution in [0, 0.1) is 0 Å². The topological polar surface area (TPSA) is 30.5 Å². The summed E-state index contributed by atoms with van der Waals surface area (Å²) < 4.78 is 10.9. The molecule has 0 aliphatic carbocycles. The van der Waals surface area contributed by atoms with Crippen LogP contribution in [0.2, 0.25) is 0 Å². The molecule has 2 aromatic carbocycles. The molecule has 0 saturated carbocycles. The van der Waals surface area contributed by atoms with E-state index in [9.17, 15) is 0 Å².